The Kier molecular flexibility index (Phi) is 5.41. The van der Waals surface area contributed by atoms with Gasteiger partial charge in [-0.2, -0.15) is 4.39 Å². The molecule has 0 spiro atoms. The van der Waals surface area contributed by atoms with Crippen molar-refractivity contribution in [1.82, 2.24) is 9.88 Å². The second-order valence-corrected chi connectivity index (χ2v) is 4.20. The maximum absolute atomic E-state index is 12.7. The molecule has 1 aromatic rings. The lowest BCUT2D eigenvalue weighted by atomic mass is 10.2. The summed E-state index contributed by atoms with van der Waals surface area (Å²) in [5.74, 6) is -1.51. The van der Waals surface area contributed by atoms with E-state index in [1.54, 1.807) is 20.8 Å². The third-order valence-corrected chi connectivity index (χ3v) is 2.46. The van der Waals surface area contributed by atoms with Crippen LogP contribution in [0.1, 0.15) is 31.1 Å². The summed E-state index contributed by atoms with van der Waals surface area (Å²) in [7, 11) is 0. The fourth-order valence-electron chi connectivity index (χ4n) is 1.50. The first-order chi connectivity index (χ1) is 8.95. The molecule has 1 aromatic heterocycles. The predicted molar refractivity (Wildman–Crippen MR) is 67.0 cm³/mol. The lowest BCUT2D eigenvalue weighted by Crippen LogP contribution is -2.41. The molecule has 0 saturated heterocycles. The zero-order valence-corrected chi connectivity index (χ0v) is 11.2. The summed E-state index contributed by atoms with van der Waals surface area (Å²) in [6, 6.07) is 2.27. The van der Waals surface area contributed by atoms with Crippen LogP contribution >= 0.6 is 0 Å². The van der Waals surface area contributed by atoms with Crippen molar-refractivity contribution in [3.05, 3.63) is 29.8 Å². The lowest BCUT2D eigenvalue weighted by molar-refractivity contribution is -0.144. The van der Waals surface area contributed by atoms with Crippen molar-refractivity contribution < 1.29 is 18.7 Å². The van der Waals surface area contributed by atoms with Crippen molar-refractivity contribution in [1.29, 1.82) is 0 Å². The minimum Gasteiger partial charge on any atom is -0.465 e. The number of esters is 1. The minimum absolute atomic E-state index is 0.137. The van der Waals surface area contributed by atoms with Gasteiger partial charge in [-0.05, 0) is 32.9 Å². The number of hydrogen-bond donors (Lipinski definition) is 0. The third-order valence-electron chi connectivity index (χ3n) is 2.46. The van der Waals surface area contributed by atoms with Crippen molar-refractivity contribution in [3.63, 3.8) is 0 Å². The van der Waals surface area contributed by atoms with Gasteiger partial charge in [0.1, 0.15) is 6.54 Å². The van der Waals surface area contributed by atoms with Crippen LogP contribution in [0.4, 0.5) is 4.39 Å². The van der Waals surface area contributed by atoms with Gasteiger partial charge in [-0.1, -0.05) is 0 Å². The Balaban J connectivity index is 2.84. The predicted octanol–water partition coefficient (Wildman–Crippen LogP) is 1.63. The normalized spacial score (nSPS) is 10.4. The standard InChI is InChI=1S/C13H17FN2O3/c1-4-19-12(17)8-16(9(2)3)13(18)10-5-6-11(14)15-7-10/h5-7,9H,4,8H2,1-3H3. The summed E-state index contributed by atoms with van der Waals surface area (Å²) in [5.41, 5.74) is 0.236. The van der Waals surface area contributed by atoms with Crippen LogP contribution in [0.2, 0.25) is 0 Å². The van der Waals surface area contributed by atoms with Crippen LogP contribution < -0.4 is 0 Å². The van der Waals surface area contributed by atoms with Gasteiger partial charge in [-0.3, -0.25) is 9.59 Å². The quantitative estimate of drug-likeness (QED) is 0.601. The van der Waals surface area contributed by atoms with Gasteiger partial charge >= 0.3 is 5.97 Å². The average Bonchev–Trinajstić information content (AvgIpc) is 2.36. The number of nitrogens with zero attached hydrogens (tertiary/aromatic N) is 2. The number of amides is 1. The van der Waals surface area contributed by atoms with Crippen molar-refractivity contribution in [2.75, 3.05) is 13.2 Å². The van der Waals surface area contributed by atoms with Crippen molar-refractivity contribution in [2.45, 2.75) is 26.8 Å². The van der Waals surface area contributed by atoms with E-state index in [-0.39, 0.29) is 30.7 Å². The highest BCUT2D eigenvalue weighted by Crippen LogP contribution is 2.08. The Labute approximate surface area is 111 Å². The van der Waals surface area contributed by atoms with Gasteiger partial charge in [0.25, 0.3) is 5.91 Å². The fraction of sp³-hybridized carbons (Fsp3) is 0.462. The second-order valence-electron chi connectivity index (χ2n) is 4.20. The highest BCUT2D eigenvalue weighted by molar-refractivity contribution is 5.95. The number of carbonyl (C=O) groups excluding carboxylic acids is 2. The molecular formula is C13H17FN2O3. The highest BCUT2D eigenvalue weighted by atomic mass is 19.1. The SMILES string of the molecule is CCOC(=O)CN(C(=O)c1ccc(F)nc1)C(C)C. The number of pyridine rings is 1. The summed E-state index contributed by atoms with van der Waals surface area (Å²) in [6.07, 6.45) is 1.15. The summed E-state index contributed by atoms with van der Waals surface area (Å²) in [6.45, 7) is 5.39. The van der Waals surface area contributed by atoms with E-state index in [0.29, 0.717) is 0 Å². The highest BCUT2D eigenvalue weighted by Gasteiger charge is 2.22. The summed E-state index contributed by atoms with van der Waals surface area (Å²) >= 11 is 0. The van der Waals surface area contributed by atoms with Crippen molar-refractivity contribution >= 4 is 11.9 Å². The fourth-order valence-corrected chi connectivity index (χ4v) is 1.50. The first kappa shape index (κ1) is 15.1. The average molecular weight is 268 g/mol. The molecule has 0 radical (unpaired) electrons. The number of ether oxygens (including phenoxy) is 1. The topological polar surface area (TPSA) is 59.5 Å². The number of aromatic nitrogens is 1. The monoisotopic (exact) mass is 268 g/mol. The number of hydrogen-bond acceptors (Lipinski definition) is 4. The van der Waals surface area contributed by atoms with E-state index < -0.39 is 11.9 Å². The largest absolute Gasteiger partial charge is 0.465 e. The zero-order valence-electron chi connectivity index (χ0n) is 11.2. The van der Waals surface area contributed by atoms with Crippen LogP contribution in [0.25, 0.3) is 0 Å². The molecule has 0 N–H and O–H groups in total. The molecule has 0 aliphatic carbocycles. The minimum atomic E-state index is -0.655. The van der Waals surface area contributed by atoms with Crippen LogP contribution in [-0.2, 0) is 9.53 Å². The molecule has 0 bridgehead atoms. The van der Waals surface area contributed by atoms with Crippen molar-refractivity contribution in [3.8, 4) is 0 Å². The van der Waals surface area contributed by atoms with E-state index in [0.717, 1.165) is 12.3 Å². The van der Waals surface area contributed by atoms with Crippen LogP contribution in [0, 0.1) is 5.95 Å². The Morgan fingerprint density at radius 3 is 2.58 bits per heavy atom. The Hall–Kier alpha value is -1.98. The second kappa shape index (κ2) is 6.82. The van der Waals surface area contributed by atoms with Crippen LogP contribution in [-0.4, -0.2) is 41.0 Å². The molecule has 104 valence electrons. The van der Waals surface area contributed by atoms with E-state index in [9.17, 15) is 14.0 Å². The van der Waals surface area contributed by atoms with E-state index >= 15 is 0 Å². The molecule has 0 aromatic carbocycles. The maximum atomic E-state index is 12.7. The number of rotatable bonds is 5. The van der Waals surface area contributed by atoms with E-state index in [2.05, 4.69) is 4.98 Å². The van der Waals surface area contributed by atoms with Crippen molar-refractivity contribution in [2.24, 2.45) is 0 Å². The van der Waals surface area contributed by atoms with Gasteiger partial charge in [0.2, 0.25) is 5.95 Å². The molecular weight excluding hydrogens is 251 g/mol. The number of carbonyl (C=O) groups is 2. The van der Waals surface area contributed by atoms with Gasteiger partial charge in [-0.15, -0.1) is 0 Å². The number of halogens is 1. The molecule has 0 saturated carbocycles. The van der Waals surface area contributed by atoms with Crippen LogP contribution in [0.3, 0.4) is 0 Å². The molecule has 0 unspecified atom stereocenters. The summed E-state index contributed by atoms with van der Waals surface area (Å²) in [4.78, 5) is 28.4. The molecule has 1 rings (SSSR count). The van der Waals surface area contributed by atoms with Gasteiger partial charge in [0, 0.05) is 12.2 Å². The molecule has 0 atom stereocenters. The van der Waals surface area contributed by atoms with Gasteiger partial charge in [-0.25, -0.2) is 4.98 Å². The molecule has 1 amide bonds. The molecule has 5 nitrogen and oxygen atoms in total. The van der Waals surface area contributed by atoms with E-state index in [1.807, 2.05) is 0 Å². The van der Waals surface area contributed by atoms with E-state index in [1.165, 1.54) is 11.0 Å². The molecule has 1 heterocycles. The zero-order chi connectivity index (χ0) is 14.4. The first-order valence-corrected chi connectivity index (χ1v) is 6.03. The third kappa shape index (κ3) is 4.31. The first-order valence-electron chi connectivity index (χ1n) is 6.03. The molecule has 6 heteroatoms. The van der Waals surface area contributed by atoms with Gasteiger partial charge < -0.3 is 9.64 Å². The Morgan fingerprint density at radius 1 is 1.42 bits per heavy atom. The molecule has 0 aliphatic rings. The van der Waals surface area contributed by atoms with E-state index in [4.69, 9.17) is 4.74 Å². The smallest absolute Gasteiger partial charge is 0.325 e. The van der Waals surface area contributed by atoms with Crippen LogP contribution in [0.15, 0.2) is 18.3 Å². The maximum Gasteiger partial charge on any atom is 0.325 e. The lowest BCUT2D eigenvalue weighted by Gasteiger charge is -2.25. The van der Waals surface area contributed by atoms with Gasteiger partial charge in [0.15, 0.2) is 0 Å². The van der Waals surface area contributed by atoms with Gasteiger partial charge in [0.05, 0.1) is 12.2 Å². The Bertz CT molecular complexity index is 446. The summed E-state index contributed by atoms with van der Waals surface area (Å²) < 4.78 is 17.5. The van der Waals surface area contributed by atoms with Crippen LogP contribution in [0.5, 0.6) is 0 Å². The Morgan fingerprint density at radius 2 is 2.11 bits per heavy atom. The molecule has 0 fully saturated rings. The summed E-state index contributed by atoms with van der Waals surface area (Å²) in [5, 5.41) is 0. The molecule has 19 heavy (non-hydrogen) atoms. The molecule has 0 aliphatic heterocycles.